The van der Waals surface area contributed by atoms with Crippen LogP contribution < -0.4 is 16.8 Å². The van der Waals surface area contributed by atoms with Crippen LogP contribution in [0.1, 0.15) is 10.4 Å². The Kier molecular flexibility index (Phi) is 4.84. The molecule has 0 saturated heterocycles. The van der Waals surface area contributed by atoms with Crippen LogP contribution in [0.25, 0.3) is 0 Å². The van der Waals surface area contributed by atoms with Gasteiger partial charge in [-0.25, -0.2) is 0 Å². The van der Waals surface area contributed by atoms with Crippen molar-refractivity contribution < 1.29 is 9.59 Å². The van der Waals surface area contributed by atoms with Crippen molar-refractivity contribution >= 4 is 35.0 Å². The maximum atomic E-state index is 11.8. The summed E-state index contributed by atoms with van der Waals surface area (Å²) in [5.74, 6) is -0.322. The van der Waals surface area contributed by atoms with Gasteiger partial charge >= 0.3 is 0 Å². The Morgan fingerprint density at radius 1 is 1.00 bits per heavy atom. The SMILES string of the molecule is NC(=O)c1ccc(NC(=O)CSc2ccc(N)cc2)cc1. The molecule has 2 aromatic carbocycles. The Balaban J connectivity index is 1.86. The van der Waals surface area contributed by atoms with Gasteiger partial charge in [-0.2, -0.15) is 0 Å². The fraction of sp³-hybridized carbons (Fsp3) is 0.0667. The first-order chi connectivity index (χ1) is 10.0. The number of nitrogens with one attached hydrogen (secondary N) is 1. The minimum atomic E-state index is -0.494. The highest BCUT2D eigenvalue weighted by Gasteiger charge is 2.05. The van der Waals surface area contributed by atoms with Crippen LogP contribution in [0.4, 0.5) is 11.4 Å². The number of thioether (sulfide) groups is 1. The zero-order valence-corrected chi connectivity index (χ0v) is 12.0. The van der Waals surface area contributed by atoms with E-state index in [9.17, 15) is 9.59 Å². The Morgan fingerprint density at radius 3 is 2.19 bits per heavy atom. The highest BCUT2D eigenvalue weighted by atomic mass is 32.2. The predicted molar refractivity (Wildman–Crippen MR) is 85.2 cm³/mol. The fourth-order valence-corrected chi connectivity index (χ4v) is 2.33. The van der Waals surface area contributed by atoms with Crippen LogP contribution in [0.3, 0.4) is 0 Å². The van der Waals surface area contributed by atoms with Gasteiger partial charge in [0.15, 0.2) is 0 Å². The van der Waals surface area contributed by atoms with E-state index < -0.39 is 5.91 Å². The van der Waals surface area contributed by atoms with E-state index >= 15 is 0 Å². The van der Waals surface area contributed by atoms with E-state index in [0.29, 0.717) is 22.7 Å². The van der Waals surface area contributed by atoms with E-state index in [2.05, 4.69) is 5.32 Å². The second-order valence-corrected chi connectivity index (χ2v) is 5.40. The van der Waals surface area contributed by atoms with Crippen LogP contribution in [0.15, 0.2) is 53.4 Å². The van der Waals surface area contributed by atoms with Crippen molar-refractivity contribution in [1.29, 1.82) is 0 Å². The molecule has 5 N–H and O–H groups in total. The third-order valence-corrected chi connectivity index (χ3v) is 3.72. The Labute approximate surface area is 126 Å². The van der Waals surface area contributed by atoms with Gasteiger partial charge in [-0.15, -0.1) is 11.8 Å². The molecular weight excluding hydrogens is 286 g/mol. The lowest BCUT2D eigenvalue weighted by Gasteiger charge is -2.06. The minimum Gasteiger partial charge on any atom is -0.399 e. The average molecular weight is 301 g/mol. The first kappa shape index (κ1) is 14.9. The molecule has 0 unspecified atom stereocenters. The summed E-state index contributed by atoms with van der Waals surface area (Å²) in [6.45, 7) is 0. The van der Waals surface area contributed by atoms with Crippen molar-refractivity contribution in [3.8, 4) is 0 Å². The molecule has 0 atom stereocenters. The smallest absolute Gasteiger partial charge is 0.248 e. The molecule has 108 valence electrons. The second-order valence-electron chi connectivity index (χ2n) is 4.35. The summed E-state index contributed by atoms with van der Waals surface area (Å²) in [7, 11) is 0. The first-order valence-corrected chi connectivity index (χ1v) is 7.21. The van der Waals surface area contributed by atoms with Gasteiger partial charge in [0.25, 0.3) is 0 Å². The van der Waals surface area contributed by atoms with Crippen LogP contribution in [0.2, 0.25) is 0 Å². The second kappa shape index (κ2) is 6.81. The van der Waals surface area contributed by atoms with Crippen LogP contribution in [0, 0.1) is 0 Å². The highest BCUT2D eigenvalue weighted by molar-refractivity contribution is 8.00. The van der Waals surface area contributed by atoms with Gasteiger partial charge in [0.1, 0.15) is 0 Å². The average Bonchev–Trinajstić information content (AvgIpc) is 2.47. The van der Waals surface area contributed by atoms with Gasteiger partial charge in [-0.1, -0.05) is 0 Å². The van der Waals surface area contributed by atoms with Crippen LogP contribution in [-0.4, -0.2) is 17.6 Å². The number of hydrogen-bond donors (Lipinski definition) is 3. The molecule has 0 aliphatic rings. The number of nitrogen functional groups attached to an aromatic ring is 1. The summed E-state index contributed by atoms with van der Waals surface area (Å²) in [6.07, 6.45) is 0. The topological polar surface area (TPSA) is 98.2 Å². The molecule has 0 heterocycles. The minimum absolute atomic E-state index is 0.122. The van der Waals surface area contributed by atoms with Crippen LogP contribution in [0.5, 0.6) is 0 Å². The molecule has 21 heavy (non-hydrogen) atoms. The lowest BCUT2D eigenvalue weighted by Crippen LogP contribution is -2.14. The lowest BCUT2D eigenvalue weighted by molar-refractivity contribution is -0.113. The summed E-state index contributed by atoms with van der Waals surface area (Å²) in [4.78, 5) is 23.7. The predicted octanol–water partition coefficient (Wildman–Crippen LogP) is 2.10. The Morgan fingerprint density at radius 2 is 1.62 bits per heavy atom. The third-order valence-electron chi connectivity index (χ3n) is 2.70. The molecule has 0 saturated carbocycles. The monoisotopic (exact) mass is 301 g/mol. The van der Waals surface area contributed by atoms with E-state index in [-0.39, 0.29) is 5.91 Å². The van der Waals surface area contributed by atoms with Gasteiger partial charge in [0.05, 0.1) is 5.75 Å². The number of amides is 2. The summed E-state index contributed by atoms with van der Waals surface area (Å²) >= 11 is 1.42. The van der Waals surface area contributed by atoms with E-state index in [1.165, 1.54) is 11.8 Å². The number of benzene rings is 2. The molecule has 0 aliphatic carbocycles. The number of primary amides is 1. The lowest BCUT2D eigenvalue weighted by atomic mass is 10.2. The van der Waals surface area contributed by atoms with Crippen LogP contribution in [-0.2, 0) is 4.79 Å². The molecule has 0 bridgehead atoms. The molecule has 0 aliphatic heterocycles. The standard InChI is InChI=1S/C15H15N3O2S/c16-11-3-7-13(8-4-11)21-9-14(19)18-12-5-1-10(2-6-12)15(17)20/h1-8H,9,16H2,(H2,17,20)(H,18,19). The van der Waals surface area contributed by atoms with Crippen LogP contribution >= 0.6 is 11.8 Å². The molecule has 0 radical (unpaired) electrons. The summed E-state index contributed by atoms with van der Waals surface area (Å²) < 4.78 is 0. The van der Waals surface area contributed by atoms with E-state index in [4.69, 9.17) is 11.5 Å². The molecule has 2 aromatic rings. The van der Waals surface area contributed by atoms with Crippen molar-refractivity contribution in [1.82, 2.24) is 0 Å². The van der Waals surface area contributed by atoms with Crippen molar-refractivity contribution in [3.63, 3.8) is 0 Å². The number of carbonyl (C=O) groups is 2. The number of nitrogens with two attached hydrogens (primary N) is 2. The zero-order chi connectivity index (χ0) is 15.2. The number of hydrogen-bond acceptors (Lipinski definition) is 4. The van der Waals surface area contributed by atoms with Crippen molar-refractivity contribution in [3.05, 3.63) is 54.1 Å². The quantitative estimate of drug-likeness (QED) is 0.582. The zero-order valence-electron chi connectivity index (χ0n) is 11.2. The molecule has 2 rings (SSSR count). The Bertz CT molecular complexity index is 639. The summed E-state index contributed by atoms with van der Waals surface area (Å²) in [5.41, 5.74) is 12.5. The summed E-state index contributed by atoms with van der Waals surface area (Å²) in [5, 5.41) is 2.75. The van der Waals surface area contributed by atoms with Gasteiger partial charge < -0.3 is 16.8 Å². The fourth-order valence-electron chi connectivity index (χ4n) is 1.63. The maximum Gasteiger partial charge on any atom is 0.248 e. The molecule has 0 spiro atoms. The van der Waals surface area contributed by atoms with Gasteiger partial charge in [0, 0.05) is 21.8 Å². The number of rotatable bonds is 5. The van der Waals surface area contributed by atoms with E-state index in [0.717, 1.165) is 4.90 Å². The maximum absolute atomic E-state index is 11.8. The van der Waals surface area contributed by atoms with Gasteiger partial charge in [0.2, 0.25) is 11.8 Å². The molecular formula is C15H15N3O2S. The molecule has 5 nitrogen and oxygen atoms in total. The number of anilines is 2. The Hall–Kier alpha value is -2.47. The molecule has 2 amide bonds. The van der Waals surface area contributed by atoms with Gasteiger partial charge in [-0.3, -0.25) is 9.59 Å². The molecule has 0 aromatic heterocycles. The first-order valence-electron chi connectivity index (χ1n) is 6.22. The van der Waals surface area contributed by atoms with E-state index in [1.54, 1.807) is 36.4 Å². The third kappa shape index (κ3) is 4.54. The van der Waals surface area contributed by atoms with Gasteiger partial charge in [-0.05, 0) is 48.5 Å². The van der Waals surface area contributed by atoms with Crippen molar-refractivity contribution in [2.75, 3.05) is 16.8 Å². The van der Waals surface area contributed by atoms with E-state index in [1.807, 2.05) is 12.1 Å². The molecule has 6 heteroatoms. The normalized spacial score (nSPS) is 10.1. The highest BCUT2D eigenvalue weighted by Crippen LogP contribution is 2.19. The van der Waals surface area contributed by atoms with Crippen molar-refractivity contribution in [2.45, 2.75) is 4.90 Å². The number of carbonyl (C=O) groups excluding carboxylic acids is 2. The van der Waals surface area contributed by atoms with Crippen molar-refractivity contribution in [2.24, 2.45) is 5.73 Å². The molecule has 0 fully saturated rings. The summed E-state index contributed by atoms with van der Waals surface area (Å²) in [6, 6.07) is 13.8. The largest absolute Gasteiger partial charge is 0.399 e.